The molecule has 1 heterocycles. The van der Waals surface area contributed by atoms with Crippen LogP contribution in [0.3, 0.4) is 0 Å². The Kier molecular flexibility index (Phi) is 1.92. The molecule has 82 valence electrons. The van der Waals surface area contributed by atoms with Gasteiger partial charge in [-0.3, -0.25) is 0 Å². The molecule has 0 radical (unpaired) electrons. The Labute approximate surface area is 84.6 Å². The van der Waals surface area contributed by atoms with Crippen LogP contribution in [0, 0.1) is 6.92 Å². The van der Waals surface area contributed by atoms with Crippen molar-refractivity contribution >= 4 is 9.84 Å². The average Bonchev–Trinajstić information content (AvgIpc) is 2.26. The lowest BCUT2D eigenvalue weighted by molar-refractivity contribution is 0.0101. The molecule has 2 nitrogen and oxygen atoms in total. The van der Waals surface area contributed by atoms with Crippen molar-refractivity contribution in [1.29, 1.82) is 0 Å². The number of halogens is 3. The minimum absolute atomic E-state index is 0.444. The van der Waals surface area contributed by atoms with Crippen LogP contribution in [-0.4, -0.2) is 13.7 Å². The van der Waals surface area contributed by atoms with E-state index in [1.807, 2.05) is 0 Å². The second-order valence-corrected chi connectivity index (χ2v) is 5.46. The molecule has 0 fully saturated rings. The summed E-state index contributed by atoms with van der Waals surface area (Å²) in [6, 6.07) is 3.52. The average molecular weight is 236 g/mol. The Morgan fingerprint density at radius 3 is 2.53 bits per heavy atom. The highest BCUT2D eigenvalue weighted by molar-refractivity contribution is 7.92. The van der Waals surface area contributed by atoms with Crippen LogP contribution < -0.4 is 0 Å². The molecule has 0 saturated heterocycles. The van der Waals surface area contributed by atoms with Gasteiger partial charge in [0, 0.05) is 5.56 Å². The van der Waals surface area contributed by atoms with Crippen molar-refractivity contribution in [2.75, 3.05) is 0 Å². The van der Waals surface area contributed by atoms with E-state index in [1.165, 1.54) is 6.07 Å². The maximum absolute atomic E-state index is 13.2. The predicted molar refractivity (Wildman–Crippen MR) is 47.2 cm³/mol. The van der Waals surface area contributed by atoms with Crippen LogP contribution in [0.25, 0.3) is 0 Å². The normalized spacial score (nSPS) is 26.3. The Hall–Kier alpha value is -1.04. The summed E-state index contributed by atoms with van der Waals surface area (Å²) in [7, 11) is -4.86. The molecule has 0 spiro atoms. The largest absolute Gasteiger partial charge is 0.384 e. The highest BCUT2D eigenvalue weighted by Crippen LogP contribution is 2.51. The Morgan fingerprint density at radius 1 is 1.33 bits per heavy atom. The summed E-state index contributed by atoms with van der Waals surface area (Å²) < 4.78 is 61.9. The summed E-state index contributed by atoms with van der Waals surface area (Å²) in [5.74, 6) is 0. The fourth-order valence-electron chi connectivity index (χ4n) is 1.57. The van der Waals surface area contributed by atoms with Crippen molar-refractivity contribution < 1.29 is 21.6 Å². The lowest BCUT2D eigenvalue weighted by Gasteiger charge is -2.09. The van der Waals surface area contributed by atoms with E-state index >= 15 is 0 Å². The molecule has 1 aliphatic rings. The number of aryl methyl sites for hydroxylation is 1. The number of benzene rings is 1. The van der Waals surface area contributed by atoms with Crippen LogP contribution in [-0.2, 0) is 9.84 Å². The Morgan fingerprint density at radius 2 is 1.93 bits per heavy atom. The molecule has 0 amide bonds. The van der Waals surface area contributed by atoms with E-state index in [0.717, 1.165) is 12.1 Å². The third kappa shape index (κ3) is 1.14. The molecule has 1 aromatic rings. The number of fused-ring (bicyclic) bond motifs is 1. The second kappa shape index (κ2) is 2.75. The molecule has 1 aliphatic heterocycles. The fourth-order valence-corrected chi connectivity index (χ4v) is 2.99. The topological polar surface area (TPSA) is 34.1 Å². The first-order valence-corrected chi connectivity index (χ1v) is 5.64. The van der Waals surface area contributed by atoms with Gasteiger partial charge in [0.2, 0.25) is 16.0 Å². The van der Waals surface area contributed by atoms with Crippen molar-refractivity contribution in [3.8, 4) is 0 Å². The van der Waals surface area contributed by atoms with Crippen LogP contribution >= 0.6 is 0 Å². The highest BCUT2D eigenvalue weighted by Gasteiger charge is 2.61. The molecule has 0 aliphatic carbocycles. The van der Waals surface area contributed by atoms with E-state index in [4.69, 9.17) is 0 Å². The number of hydrogen-bond donors (Lipinski definition) is 0. The van der Waals surface area contributed by atoms with Crippen molar-refractivity contribution in [3.05, 3.63) is 29.3 Å². The summed E-state index contributed by atoms with van der Waals surface area (Å²) in [6.07, 6.45) is -2.77. The standard InChI is InChI=1S/C9H7F3O2S/c1-5-2-3-7-6(4-5)8(10)9(11,12)15(7,13)14/h2-4,8H,1H3. The van der Waals surface area contributed by atoms with Gasteiger partial charge in [-0.2, -0.15) is 8.78 Å². The lowest BCUT2D eigenvalue weighted by atomic mass is 10.1. The zero-order chi connectivity index (χ0) is 11.4. The van der Waals surface area contributed by atoms with Crippen LogP contribution in [0.2, 0.25) is 0 Å². The third-order valence-corrected chi connectivity index (χ3v) is 4.26. The van der Waals surface area contributed by atoms with E-state index in [0.29, 0.717) is 5.56 Å². The van der Waals surface area contributed by atoms with Crippen molar-refractivity contribution in [2.24, 2.45) is 0 Å². The molecular formula is C9H7F3O2S. The molecule has 6 heteroatoms. The number of sulfone groups is 1. The molecular weight excluding hydrogens is 229 g/mol. The molecule has 1 unspecified atom stereocenters. The maximum Gasteiger partial charge on any atom is 0.384 e. The van der Waals surface area contributed by atoms with E-state index in [-0.39, 0.29) is 0 Å². The van der Waals surface area contributed by atoms with Crippen molar-refractivity contribution in [3.63, 3.8) is 0 Å². The van der Waals surface area contributed by atoms with Gasteiger partial charge >= 0.3 is 5.25 Å². The summed E-state index contributed by atoms with van der Waals surface area (Å²) >= 11 is 0. The van der Waals surface area contributed by atoms with E-state index in [1.54, 1.807) is 6.92 Å². The van der Waals surface area contributed by atoms with Crippen molar-refractivity contribution in [1.82, 2.24) is 0 Å². The van der Waals surface area contributed by atoms with Gasteiger partial charge in [-0.05, 0) is 13.0 Å². The van der Waals surface area contributed by atoms with Crippen LogP contribution in [0.1, 0.15) is 17.3 Å². The zero-order valence-corrected chi connectivity index (χ0v) is 8.48. The predicted octanol–water partition coefficient (Wildman–Crippen LogP) is 2.39. The Bertz CT molecular complexity index is 522. The molecule has 0 aromatic heterocycles. The van der Waals surface area contributed by atoms with Crippen molar-refractivity contribution in [2.45, 2.75) is 23.2 Å². The van der Waals surface area contributed by atoms with Gasteiger partial charge in [0.25, 0.3) is 0 Å². The number of hydrogen-bond acceptors (Lipinski definition) is 2. The SMILES string of the molecule is Cc1ccc2c(c1)C(F)C(F)(F)S2(=O)=O. The van der Waals surface area contributed by atoms with E-state index in [2.05, 4.69) is 0 Å². The first-order valence-electron chi connectivity index (χ1n) is 4.15. The fraction of sp³-hybridized carbons (Fsp3) is 0.333. The van der Waals surface area contributed by atoms with E-state index < -0.39 is 31.7 Å². The van der Waals surface area contributed by atoms with Gasteiger partial charge in [-0.25, -0.2) is 12.8 Å². The number of rotatable bonds is 0. The molecule has 1 atom stereocenters. The molecule has 15 heavy (non-hydrogen) atoms. The molecule has 1 aromatic carbocycles. The van der Waals surface area contributed by atoms with E-state index in [9.17, 15) is 21.6 Å². The van der Waals surface area contributed by atoms with Gasteiger partial charge in [0.05, 0.1) is 4.90 Å². The van der Waals surface area contributed by atoms with Crippen LogP contribution in [0.4, 0.5) is 13.2 Å². The smallest absolute Gasteiger partial charge is 0.234 e. The van der Waals surface area contributed by atoms with Gasteiger partial charge in [-0.1, -0.05) is 17.7 Å². The summed E-state index contributed by atoms with van der Waals surface area (Å²) in [6.45, 7) is 1.58. The highest BCUT2D eigenvalue weighted by atomic mass is 32.2. The first-order chi connectivity index (χ1) is 6.78. The summed E-state index contributed by atoms with van der Waals surface area (Å²) in [5.41, 5.74) is 0.101. The van der Waals surface area contributed by atoms with Gasteiger partial charge in [0.1, 0.15) is 0 Å². The lowest BCUT2D eigenvalue weighted by Crippen LogP contribution is -2.26. The maximum atomic E-state index is 13.2. The third-order valence-electron chi connectivity index (χ3n) is 2.38. The van der Waals surface area contributed by atoms with Crippen LogP contribution in [0.15, 0.2) is 23.1 Å². The van der Waals surface area contributed by atoms with Gasteiger partial charge in [-0.15, -0.1) is 0 Å². The quantitative estimate of drug-likeness (QED) is 0.693. The Balaban J connectivity index is 2.80. The van der Waals surface area contributed by atoms with Gasteiger partial charge in [0.15, 0.2) is 0 Å². The monoisotopic (exact) mass is 236 g/mol. The first kappa shape index (κ1) is 10.5. The zero-order valence-electron chi connectivity index (χ0n) is 7.67. The van der Waals surface area contributed by atoms with Gasteiger partial charge < -0.3 is 0 Å². The molecule has 0 bridgehead atoms. The minimum Gasteiger partial charge on any atom is -0.234 e. The minimum atomic E-state index is -4.86. The summed E-state index contributed by atoms with van der Waals surface area (Å²) in [4.78, 5) is -0.606. The molecule has 0 saturated carbocycles. The van der Waals surface area contributed by atoms with Crippen LogP contribution in [0.5, 0.6) is 0 Å². The number of alkyl halides is 3. The molecule has 0 N–H and O–H groups in total. The second-order valence-electron chi connectivity index (χ2n) is 3.47. The molecule has 2 rings (SSSR count). The summed E-state index contributed by atoms with van der Waals surface area (Å²) in [5, 5.41) is -4.34.